The fourth-order valence-electron chi connectivity index (χ4n) is 1.17. The SMILES string of the molecule is COCC(CCCN)NCC(F)(F)C(F)F. The molecule has 0 amide bonds. The van der Waals surface area contributed by atoms with E-state index >= 15 is 0 Å². The molecular formula is C9H18F4N2O. The number of methoxy groups -OCH3 is 1. The molecule has 0 heterocycles. The molecule has 0 aromatic rings. The summed E-state index contributed by atoms with van der Waals surface area (Å²) in [5, 5.41) is 2.37. The van der Waals surface area contributed by atoms with Gasteiger partial charge >= 0.3 is 12.3 Å². The number of ether oxygens (including phenoxy) is 1. The molecule has 0 spiro atoms. The van der Waals surface area contributed by atoms with Gasteiger partial charge in [0.05, 0.1) is 13.2 Å². The summed E-state index contributed by atoms with van der Waals surface area (Å²) >= 11 is 0. The molecule has 0 radical (unpaired) electrons. The summed E-state index contributed by atoms with van der Waals surface area (Å²) in [5.74, 6) is -4.01. The summed E-state index contributed by atoms with van der Waals surface area (Å²) in [4.78, 5) is 0. The van der Waals surface area contributed by atoms with Crippen molar-refractivity contribution in [1.29, 1.82) is 0 Å². The highest BCUT2D eigenvalue weighted by Gasteiger charge is 2.40. The summed E-state index contributed by atoms with van der Waals surface area (Å²) < 4.78 is 53.7. The molecule has 0 saturated carbocycles. The van der Waals surface area contributed by atoms with Crippen LogP contribution in [0.3, 0.4) is 0 Å². The van der Waals surface area contributed by atoms with Crippen molar-refractivity contribution < 1.29 is 22.3 Å². The van der Waals surface area contributed by atoms with Gasteiger partial charge in [-0.25, -0.2) is 8.78 Å². The minimum atomic E-state index is -4.01. The number of hydrogen-bond donors (Lipinski definition) is 2. The van der Waals surface area contributed by atoms with Crippen LogP contribution >= 0.6 is 0 Å². The van der Waals surface area contributed by atoms with Crippen LogP contribution in [0.1, 0.15) is 12.8 Å². The molecule has 3 nitrogen and oxygen atoms in total. The maximum atomic E-state index is 12.6. The Morgan fingerprint density at radius 1 is 1.38 bits per heavy atom. The third-order valence-electron chi connectivity index (χ3n) is 2.07. The lowest BCUT2D eigenvalue weighted by atomic mass is 10.1. The average molecular weight is 246 g/mol. The monoisotopic (exact) mass is 246 g/mol. The van der Waals surface area contributed by atoms with Crippen molar-refractivity contribution in [3.63, 3.8) is 0 Å². The quantitative estimate of drug-likeness (QED) is 0.601. The summed E-state index contributed by atoms with van der Waals surface area (Å²) in [7, 11) is 1.42. The van der Waals surface area contributed by atoms with Crippen LogP contribution in [-0.4, -0.2) is 45.2 Å². The van der Waals surface area contributed by atoms with E-state index in [-0.39, 0.29) is 12.6 Å². The van der Waals surface area contributed by atoms with Gasteiger partial charge in [-0.05, 0) is 19.4 Å². The van der Waals surface area contributed by atoms with Crippen molar-refractivity contribution in [2.45, 2.75) is 31.2 Å². The van der Waals surface area contributed by atoms with Gasteiger partial charge in [0.1, 0.15) is 0 Å². The van der Waals surface area contributed by atoms with Crippen molar-refractivity contribution in [2.75, 3.05) is 26.8 Å². The molecule has 7 heteroatoms. The Balaban J connectivity index is 3.99. The molecule has 0 aliphatic rings. The van der Waals surface area contributed by atoms with Crippen molar-refractivity contribution in [3.8, 4) is 0 Å². The van der Waals surface area contributed by atoms with E-state index in [4.69, 9.17) is 10.5 Å². The fourth-order valence-corrected chi connectivity index (χ4v) is 1.17. The second kappa shape index (κ2) is 7.81. The Kier molecular flexibility index (Phi) is 7.61. The van der Waals surface area contributed by atoms with Crippen LogP contribution in [0.5, 0.6) is 0 Å². The molecule has 0 bridgehead atoms. The van der Waals surface area contributed by atoms with Gasteiger partial charge in [0.25, 0.3) is 0 Å². The van der Waals surface area contributed by atoms with E-state index < -0.39 is 18.9 Å². The molecule has 98 valence electrons. The lowest BCUT2D eigenvalue weighted by molar-refractivity contribution is -0.126. The average Bonchev–Trinajstić information content (AvgIpc) is 2.22. The van der Waals surface area contributed by atoms with Crippen LogP contribution < -0.4 is 11.1 Å². The predicted octanol–water partition coefficient (Wildman–Crippen LogP) is 1.23. The molecule has 0 aromatic heterocycles. The molecule has 0 aliphatic carbocycles. The molecule has 0 rings (SSSR count). The van der Waals surface area contributed by atoms with Gasteiger partial charge in [-0.2, -0.15) is 8.78 Å². The molecule has 1 unspecified atom stereocenters. The lowest BCUT2D eigenvalue weighted by Gasteiger charge is -2.21. The maximum absolute atomic E-state index is 12.6. The molecule has 0 aromatic carbocycles. The van der Waals surface area contributed by atoms with Gasteiger partial charge in [-0.3, -0.25) is 0 Å². The number of halogens is 4. The standard InChI is InChI=1S/C9H18F4N2O/c1-16-5-7(3-2-4-14)15-6-9(12,13)8(10)11/h7-8,15H,2-6,14H2,1H3. The second-order valence-electron chi connectivity index (χ2n) is 3.53. The van der Waals surface area contributed by atoms with Gasteiger partial charge in [-0.1, -0.05) is 0 Å². The highest BCUT2D eigenvalue weighted by atomic mass is 19.3. The van der Waals surface area contributed by atoms with Crippen molar-refractivity contribution in [2.24, 2.45) is 5.73 Å². The van der Waals surface area contributed by atoms with E-state index in [0.29, 0.717) is 19.4 Å². The molecule has 0 fully saturated rings. The summed E-state index contributed by atoms with van der Waals surface area (Å²) in [5.41, 5.74) is 5.27. The molecule has 0 saturated heterocycles. The van der Waals surface area contributed by atoms with E-state index in [9.17, 15) is 17.6 Å². The Hall–Kier alpha value is -0.400. The first kappa shape index (κ1) is 15.6. The highest BCUT2D eigenvalue weighted by molar-refractivity contribution is 4.76. The zero-order valence-corrected chi connectivity index (χ0v) is 9.19. The fraction of sp³-hybridized carbons (Fsp3) is 1.00. The zero-order chi connectivity index (χ0) is 12.6. The Labute approximate surface area is 92.3 Å². The largest absolute Gasteiger partial charge is 0.383 e. The van der Waals surface area contributed by atoms with Crippen LogP contribution in [0.25, 0.3) is 0 Å². The normalized spacial score (nSPS) is 14.4. The smallest absolute Gasteiger partial charge is 0.319 e. The van der Waals surface area contributed by atoms with Crippen LogP contribution in [0.2, 0.25) is 0 Å². The number of alkyl halides is 4. The van der Waals surface area contributed by atoms with Gasteiger partial charge < -0.3 is 15.8 Å². The molecule has 0 aliphatic heterocycles. The Morgan fingerprint density at radius 2 is 2.00 bits per heavy atom. The summed E-state index contributed by atoms with van der Waals surface area (Å²) in [6, 6.07) is -0.377. The molecular weight excluding hydrogens is 228 g/mol. The lowest BCUT2D eigenvalue weighted by Crippen LogP contribution is -2.44. The van der Waals surface area contributed by atoms with E-state index in [1.807, 2.05) is 0 Å². The van der Waals surface area contributed by atoms with Gasteiger partial charge in [0, 0.05) is 13.2 Å². The van der Waals surface area contributed by atoms with E-state index in [2.05, 4.69) is 5.32 Å². The summed E-state index contributed by atoms with van der Waals surface area (Å²) in [6.07, 6.45) is -2.51. The molecule has 1 atom stereocenters. The van der Waals surface area contributed by atoms with Crippen molar-refractivity contribution in [3.05, 3.63) is 0 Å². The third kappa shape index (κ3) is 6.24. The van der Waals surface area contributed by atoms with Crippen molar-refractivity contribution >= 4 is 0 Å². The minimum Gasteiger partial charge on any atom is -0.383 e. The van der Waals surface area contributed by atoms with Crippen LogP contribution in [0.4, 0.5) is 17.6 Å². The number of hydrogen-bond acceptors (Lipinski definition) is 3. The predicted molar refractivity (Wildman–Crippen MR) is 52.9 cm³/mol. The van der Waals surface area contributed by atoms with Crippen LogP contribution in [0.15, 0.2) is 0 Å². The Morgan fingerprint density at radius 3 is 2.44 bits per heavy atom. The van der Waals surface area contributed by atoms with Gasteiger partial charge in [0.2, 0.25) is 0 Å². The van der Waals surface area contributed by atoms with E-state index in [1.54, 1.807) is 0 Å². The van der Waals surface area contributed by atoms with Crippen molar-refractivity contribution in [1.82, 2.24) is 5.32 Å². The van der Waals surface area contributed by atoms with E-state index in [1.165, 1.54) is 7.11 Å². The zero-order valence-electron chi connectivity index (χ0n) is 9.19. The van der Waals surface area contributed by atoms with E-state index in [0.717, 1.165) is 0 Å². The first-order valence-electron chi connectivity index (χ1n) is 5.02. The summed E-state index contributed by atoms with van der Waals surface area (Å²) in [6.45, 7) is -0.435. The molecule has 16 heavy (non-hydrogen) atoms. The number of nitrogens with one attached hydrogen (secondary N) is 1. The number of nitrogens with two attached hydrogens (primary N) is 1. The molecule has 3 N–H and O–H groups in total. The van der Waals surface area contributed by atoms with Crippen LogP contribution in [-0.2, 0) is 4.74 Å². The first-order valence-corrected chi connectivity index (χ1v) is 5.02. The topological polar surface area (TPSA) is 47.3 Å². The van der Waals surface area contributed by atoms with Crippen LogP contribution in [0, 0.1) is 0 Å². The first-order chi connectivity index (χ1) is 7.44. The highest BCUT2D eigenvalue weighted by Crippen LogP contribution is 2.21. The van der Waals surface area contributed by atoms with Gasteiger partial charge in [0.15, 0.2) is 0 Å². The minimum absolute atomic E-state index is 0.194. The number of rotatable bonds is 9. The second-order valence-corrected chi connectivity index (χ2v) is 3.53. The van der Waals surface area contributed by atoms with Gasteiger partial charge in [-0.15, -0.1) is 0 Å². The Bertz CT molecular complexity index is 181. The third-order valence-corrected chi connectivity index (χ3v) is 2.07. The maximum Gasteiger partial charge on any atom is 0.319 e.